The lowest BCUT2D eigenvalue weighted by atomic mass is 10.0. The molecule has 1 aromatic carbocycles. The number of carbonyl (C=O) groups is 2. The summed E-state index contributed by atoms with van der Waals surface area (Å²) in [5.74, 6) is -0.678. The Morgan fingerprint density at radius 1 is 1.40 bits per heavy atom. The average molecular weight is 368 g/mol. The molecular weight excluding hydrogens is 350 g/mol. The lowest BCUT2D eigenvalue weighted by Gasteiger charge is -2.32. The highest BCUT2D eigenvalue weighted by Crippen LogP contribution is 2.29. The Hall–Kier alpha value is -2.09. The van der Waals surface area contributed by atoms with E-state index >= 15 is 0 Å². The van der Waals surface area contributed by atoms with Gasteiger partial charge in [-0.05, 0) is 30.7 Å². The van der Waals surface area contributed by atoms with Crippen molar-refractivity contribution in [3.05, 3.63) is 34.4 Å². The molecule has 0 aliphatic carbocycles. The Bertz CT molecular complexity index is 704. The highest BCUT2D eigenvalue weighted by atomic mass is 35.5. The molecule has 1 amide bonds. The van der Waals surface area contributed by atoms with Crippen molar-refractivity contribution in [3.63, 3.8) is 0 Å². The molecule has 0 unspecified atom stereocenters. The van der Waals surface area contributed by atoms with Crippen LogP contribution in [0.15, 0.2) is 23.8 Å². The van der Waals surface area contributed by atoms with Gasteiger partial charge in [0.2, 0.25) is 0 Å². The van der Waals surface area contributed by atoms with Gasteiger partial charge in [0.25, 0.3) is 5.91 Å². The Labute approximate surface area is 149 Å². The number of carbonyl (C=O) groups excluding carboxylic acids is 1. The quantitative estimate of drug-likeness (QED) is 0.819. The first kappa shape index (κ1) is 17.7. The minimum absolute atomic E-state index is 0.148. The summed E-state index contributed by atoms with van der Waals surface area (Å²) < 4.78 is 16.3. The van der Waals surface area contributed by atoms with Gasteiger partial charge in [-0.25, -0.2) is 4.79 Å². The number of amides is 1. The molecule has 0 spiro atoms. The number of benzene rings is 1. The van der Waals surface area contributed by atoms with Crippen LogP contribution in [0.1, 0.15) is 12.0 Å². The predicted octanol–water partition coefficient (Wildman–Crippen LogP) is 1.49. The molecule has 2 heterocycles. The van der Waals surface area contributed by atoms with Crippen LogP contribution in [0.25, 0.3) is 6.08 Å². The number of hydrogen-bond acceptors (Lipinski definition) is 5. The molecule has 1 fully saturated rings. The van der Waals surface area contributed by atoms with Crippen LogP contribution in [0, 0.1) is 0 Å². The van der Waals surface area contributed by atoms with Crippen LogP contribution in [0.5, 0.6) is 5.75 Å². The third-order valence-corrected chi connectivity index (χ3v) is 4.24. The largest absolute Gasteiger partial charge is 0.488 e. The summed E-state index contributed by atoms with van der Waals surface area (Å²) in [7, 11) is 0. The van der Waals surface area contributed by atoms with Crippen molar-refractivity contribution in [2.75, 3.05) is 26.4 Å². The second-order valence-corrected chi connectivity index (χ2v) is 6.26. The van der Waals surface area contributed by atoms with Crippen LogP contribution in [0.3, 0.4) is 0 Å². The number of nitrogens with one attached hydrogen (secondary N) is 1. The molecule has 25 heavy (non-hydrogen) atoms. The van der Waals surface area contributed by atoms with E-state index in [1.165, 1.54) is 0 Å². The SMILES string of the molecule is O=C(O)CO[C@@H]1CCOC[C@@H]1NC(=O)C1=Cc2cc(Cl)ccc2OC1. The number of rotatable bonds is 5. The topological polar surface area (TPSA) is 94.1 Å². The van der Waals surface area contributed by atoms with Crippen LogP contribution in [-0.4, -0.2) is 55.6 Å². The van der Waals surface area contributed by atoms with Crippen LogP contribution in [0.2, 0.25) is 5.02 Å². The maximum absolute atomic E-state index is 12.5. The highest BCUT2D eigenvalue weighted by Gasteiger charge is 2.30. The molecule has 0 aromatic heterocycles. The van der Waals surface area contributed by atoms with E-state index in [0.29, 0.717) is 29.4 Å². The fourth-order valence-corrected chi connectivity index (χ4v) is 2.95. The van der Waals surface area contributed by atoms with Gasteiger partial charge in [0.05, 0.1) is 24.3 Å². The van der Waals surface area contributed by atoms with Crippen molar-refractivity contribution in [1.82, 2.24) is 5.32 Å². The van der Waals surface area contributed by atoms with E-state index in [9.17, 15) is 9.59 Å². The third-order valence-electron chi connectivity index (χ3n) is 4.01. The zero-order valence-corrected chi connectivity index (χ0v) is 14.1. The van der Waals surface area contributed by atoms with E-state index < -0.39 is 24.7 Å². The summed E-state index contributed by atoms with van der Waals surface area (Å²) in [5.41, 5.74) is 1.19. The summed E-state index contributed by atoms with van der Waals surface area (Å²) in [6, 6.07) is 4.80. The average Bonchev–Trinajstić information content (AvgIpc) is 2.60. The lowest BCUT2D eigenvalue weighted by molar-refractivity contribution is -0.148. The van der Waals surface area contributed by atoms with Crippen molar-refractivity contribution < 1.29 is 28.9 Å². The molecule has 8 heteroatoms. The van der Waals surface area contributed by atoms with Gasteiger partial charge < -0.3 is 24.6 Å². The van der Waals surface area contributed by atoms with Gasteiger partial charge in [0.15, 0.2) is 0 Å². The number of halogens is 1. The van der Waals surface area contributed by atoms with E-state index in [1.807, 2.05) is 0 Å². The van der Waals surface area contributed by atoms with E-state index in [1.54, 1.807) is 24.3 Å². The molecule has 0 saturated carbocycles. The van der Waals surface area contributed by atoms with Gasteiger partial charge in [0.1, 0.15) is 19.0 Å². The molecule has 2 aliphatic heterocycles. The summed E-state index contributed by atoms with van der Waals surface area (Å²) in [6.45, 7) is 0.477. The van der Waals surface area contributed by atoms with Crippen molar-refractivity contribution >= 4 is 29.6 Å². The van der Waals surface area contributed by atoms with Crippen LogP contribution >= 0.6 is 11.6 Å². The summed E-state index contributed by atoms with van der Waals surface area (Å²) in [5, 5.41) is 12.2. The standard InChI is InChI=1S/C17H18ClNO6/c18-12-1-2-14-10(6-12)5-11(7-24-14)17(22)19-13-8-23-4-3-15(13)25-9-16(20)21/h1-2,5-6,13,15H,3-4,7-9H2,(H,19,22)(H,20,21)/t13-,15+/m0/s1. The zero-order valence-electron chi connectivity index (χ0n) is 13.4. The number of hydrogen-bond donors (Lipinski definition) is 2. The van der Waals surface area contributed by atoms with E-state index in [2.05, 4.69) is 5.32 Å². The zero-order chi connectivity index (χ0) is 17.8. The van der Waals surface area contributed by atoms with Gasteiger partial charge in [-0.15, -0.1) is 0 Å². The maximum atomic E-state index is 12.5. The number of carboxylic acids is 1. The molecule has 3 rings (SSSR count). The van der Waals surface area contributed by atoms with Crippen LogP contribution in [0.4, 0.5) is 0 Å². The smallest absolute Gasteiger partial charge is 0.329 e. The number of carboxylic acid groups (broad SMARTS) is 1. The minimum Gasteiger partial charge on any atom is -0.488 e. The van der Waals surface area contributed by atoms with E-state index in [-0.39, 0.29) is 19.1 Å². The monoisotopic (exact) mass is 367 g/mol. The predicted molar refractivity (Wildman–Crippen MR) is 89.7 cm³/mol. The summed E-state index contributed by atoms with van der Waals surface area (Å²) >= 11 is 5.97. The van der Waals surface area contributed by atoms with Gasteiger partial charge in [0, 0.05) is 17.2 Å². The second kappa shape index (κ2) is 7.86. The molecule has 134 valence electrons. The first-order valence-electron chi connectivity index (χ1n) is 7.88. The van der Waals surface area contributed by atoms with Crippen molar-refractivity contribution in [2.45, 2.75) is 18.6 Å². The van der Waals surface area contributed by atoms with E-state index in [0.717, 1.165) is 5.56 Å². The first-order chi connectivity index (χ1) is 12.0. The summed E-state index contributed by atoms with van der Waals surface area (Å²) in [6.07, 6.45) is 1.85. The molecule has 2 aliphatic rings. The lowest BCUT2D eigenvalue weighted by Crippen LogP contribution is -2.51. The van der Waals surface area contributed by atoms with E-state index in [4.69, 9.17) is 30.9 Å². The number of aliphatic carboxylic acids is 1. The molecule has 0 radical (unpaired) electrons. The minimum atomic E-state index is -1.05. The van der Waals surface area contributed by atoms with Gasteiger partial charge in [-0.1, -0.05) is 11.6 Å². The Kier molecular flexibility index (Phi) is 5.57. The van der Waals surface area contributed by atoms with Gasteiger partial charge in [-0.3, -0.25) is 4.79 Å². The fourth-order valence-electron chi connectivity index (χ4n) is 2.77. The van der Waals surface area contributed by atoms with Crippen molar-refractivity contribution in [2.24, 2.45) is 0 Å². The van der Waals surface area contributed by atoms with Crippen molar-refractivity contribution in [3.8, 4) is 5.75 Å². The van der Waals surface area contributed by atoms with Gasteiger partial charge >= 0.3 is 5.97 Å². The Morgan fingerprint density at radius 3 is 3.04 bits per heavy atom. The van der Waals surface area contributed by atoms with Crippen LogP contribution < -0.4 is 10.1 Å². The molecular formula is C17H18ClNO6. The molecule has 0 bridgehead atoms. The molecule has 1 saturated heterocycles. The Morgan fingerprint density at radius 2 is 2.24 bits per heavy atom. The second-order valence-electron chi connectivity index (χ2n) is 5.83. The summed E-state index contributed by atoms with van der Waals surface area (Å²) in [4.78, 5) is 23.2. The normalized spacial score (nSPS) is 22.4. The maximum Gasteiger partial charge on any atom is 0.329 e. The van der Waals surface area contributed by atoms with Gasteiger partial charge in [-0.2, -0.15) is 0 Å². The fraction of sp³-hybridized carbons (Fsp3) is 0.412. The van der Waals surface area contributed by atoms with Crippen LogP contribution in [-0.2, 0) is 19.1 Å². The number of fused-ring (bicyclic) bond motifs is 1. The highest BCUT2D eigenvalue weighted by molar-refractivity contribution is 6.30. The molecule has 1 aromatic rings. The first-order valence-corrected chi connectivity index (χ1v) is 8.25. The molecule has 2 atom stereocenters. The molecule has 7 nitrogen and oxygen atoms in total. The third kappa shape index (κ3) is 4.50. The number of ether oxygens (including phenoxy) is 3. The Balaban J connectivity index is 1.67. The molecule has 2 N–H and O–H groups in total. The van der Waals surface area contributed by atoms with Crippen molar-refractivity contribution in [1.29, 1.82) is 0 Å².